The highest BCUT2D eigenvalue weighted by Gasteiger charge is 2.14. The minimum absolute atomic E-state index is 0.121. The first-order valence-corrected chi connectivity index (χ1v) is 5.14. The number of aryl methyl sites for hydroxylation is 2. The standard InChI is InChI=1S/C10H15N5O2/c1-6-5-7(2)14-10(13-6)15-9(17)8(16)12-4-3-11/h5H,3-4,11H2,1-2H3,(H,12,16)(H,13,14,15,17). The normalized spacial score (nSPS) is 9.82. The van der Waals surface area contributed by atoms with Crippen molar-refractivity contribution < 1.29 is 9.59 Å². The first-order chi connectivity index (χ1) is 8.02. The Morgan fingerprint density at radius 1 is 1.24 bits per heavy atom. The van der Waals surface area contributed by atoms with E-state index in [0.717, 1.165) is 11.4 Å². The van der Waals surface area contributed by atoms with Gasteiger partial charge in [-0.25, -0.2) is 9.97 Å². The van der Waals surface area contributed by atoms with Crippen molar-refractivity contribution in [3.8, 4) is 0 Å². The number of carbonyl (C=O) groups excluding carboxylic acids is 2. The number of anilines is 1. The molecule has 2 amide bonds. The molecule has 1 aromatic rings. The summed E-state index contributed by atoms with van der Waals surface area (Å²) in [4.78, 5) is 30.6. The Kier molecular flexibility index (Phi) is 4.53. The summed E-state index contributed by atoms with van der Waals surface area (Å²) in [6, 6.07) is 1.77. The average Bonchev–Trinajstić information content (AvgIpc) is 2.24. The topological polar surface area (TPSA) is 110 Å². The third kappa shape index (κ3) is 4.15. The summed E-state index contributed by atoms with van der Waals surface area (Å²) in [7, 11) is 0. The van der Waals surface area contributed by atoms with E-state index in [1.165, 1.54) is 0 Å². The van der Waals surface area contributed by atoms with E-state index in [1.807, 2.05) is 0 Å². The number of nitrogens with one attached hydrogen (secondary N) is 2. The second-order valence-corrected chi connectivity index (χ2v) is 3.47. The zero-order valence-electron chi connectivity index (χ0n) is 9.78. The predicted octanol–water partition coefficient (Wildman–Crippen LogP) is -0.893. The van der Waals surface area contributed by atoms with Gasteiger partial charge in [-0.3, -0.25) is 14.9 Å². The SMILES string of the molecule is Cc1cc(C)nc(NC(=O)C(=O)NCCN)n1. The third-order valence-corrected chi connectivity index (χ3v) is 1.84. The fourth-order valence-corrected chi connectivity index (χ4v) is 1.21. The van der Waals surface area contributed by atoms with E-state index < -0.39 is 11.8 Å². The van der Waals surface area contributed by atoms with Crippen molar-refractivity contribution in [1.29, 1.82) is 0 Å². The van der Waals surface area contributed by atoms with Crippen molar-refractivity contribution in [1.82, 2.24) is 15.3 Å². The van der Waals surface area contributed by atoms with Gasteiger partial charge in [0.1, 0.15) is 0 Å². The Balaban J connectivity index is 2.64. The lowest BCUT2D eigenvalue weighted by Crippen LogP contribution is -2.38. The molecule has 0 unspecified atom stereocenters. The summed E-state index contributed by atoms with van der Waals surface area (Å²) >= 11 is 0. The largest absolute Gasteiger partial charge is 0.347 e. The second-order valence-electron chi connectivity index (χ2n) is 3.47. The molecule has 0 aliphatic rings. The Hall–Kier alpha value is -2.02. The molecule has 92 valence electrons. The van der Waals surface area contributed by atoms with Crippen LogP contribution in [-0.2, 0) is 9.59 Å². The Bertz CT molecular complexity index is 412. The first-order valence-electron chi connectivity index (χ1n) is 5.14. The number of nitrogens with zero attached hydrogens (tertiary/aromatic N) is 2. The molecule has 0 saturated heterocycles. The molecule has 0 radical (unpaired) electrons. The van der Waals surface area contributed by atoms with Crippen molar-refractivity contribution in [2.24, 2.45) is 5.73 Å². The maximum absolute atomic E-state index is 11.4. The van der Waals surface area contributed by atoms with Gasteiger partial charge in [-0.1, -0.05) is 0 Å². The van der Waals surface area contributed by atoms with Gasteiger partial charge < -0.3 is 11.1 Å². The van der Waals surface area contributed by atoms with Gasteiger partial charge in [0.15, 0.2) is 0 Å². The van der Waals surface area contributed by atoms with E-state index in [0.29, 0.717) is 0 Å². The van der Waals surface area contributed by atoms with Crippen molar-refractivity contribution in [3.63, 3.8) is 0 Å². The number of rotatable bonds is 3. The minimum atomic E-state index is -0.802. The molecule has 7 heteroatoms. The van der Waals surface area contributed by atoms with Crippen molar-refractivity contribution in [3.05, 3.63) is 17.5 Å². The molecule has 1 heterocycles. The Morgan fingerprint density at radius 2 is 1.82 bits per heavy atom. The van der Waals surface area contributed by atoms with Gasteiger partial charge in [0.05, 0.1) is 0 Å². The monoisotopic (exact) mass is 237 g/mol. The van der Waals surface area contributed by atoms with E-state index in [4.69, 9.17) is 5.73 Å². The van der Waals surface area contributed by atoms with Gasteiger partial charge in [-0.15, -0.1) is 0 Å². The molecule has 7 nitrogen and oxygen atoms in total. The highest BCUT2D eigenvalue weighted by atomic mass is 16.2. The quantitative estimate of drug-likeness (QED) is 0.590. The van der Waals surface area contributed by atoms with Crippen LogP contribution in [-0.4, -0.2) is 34.9 Å². The van der Waals surface area contributed by atoms with Crippen LogP contribution in [0.15, 0.2) is 6.07 Å². The molecule has 0 saturated carbocycles. The molecule has 0 aliphatic heterocycles. The van der Waals surface area contributed by atoms with Gasteiger partial charge >= 0.3 is 11.8 Å². The van der Waals surface area contributed by atoms with Gasteiger partial charge in [0.2, 0.25) is 5.95 Å². The predicted molar refractivity (Wildman–Crippen MR) is 62.2 cm³/mol. The highest BCUT2D eigenvalue weighted by molar-refractivity contribution is 6.39. The van der Waals surface area contributed by atoms with E-state index in [1.54, 1.807) is 19.9 Å². The molecule has 0 fully saturated rings. The zero-order chi connectivity index (χ0) is 12.8. The molecule has 0 spiro atoms. The van der Waals surface area contributed by atoms with Gasteiger partial charge in [0.25, 0.3) is 0 Å². The molecular weight excluding hydrogens is 222 g/mol. The van der Waals surface area contributed by atoms with Crippen LogP contribution in [0.5, 0.6) is 0 Å². The molecule has 0 atom stereocenters. The van der Waals surface area contributed by atoms with E-state index >= 15 is 0 Å². The number of hydrogen-bond acceptors (Lipinski definition) is 5. The maximum atomic E-state index is 11.4. The van der Waals surface area contributed by atoms with Crippen LogP contribution in [0.4, 0.5) is 5.95 Å². The van der Waals surface area contributed by atoms with Crippen LogP contribution in [0, 0.1) is 13.8 Å². The Labute approximate surface area is 98.8 Å². The zero-order valence-corrected chi connectivity index (χ0v) is 9.78. The van der Waals surface area contributed by atoms with Crippen molar-refractivity contribution >= 4 is 17.8 Å². The summed E-state index contributed by atoms with van der Waals surface area (Å²) in [5, 5.41) is 4.67. The average molecular weight is 237 g/mol. The molecule has 0 aromatic carbocycles. The summed E-state index contributed by atoms with van der Waals surface area (Å²) in [5.41, 5.74) is 6.63. The number of aromatic nitrogens is 2. The van der Waals surface area contributed by atoms with Gasteiger partial charge in [0, 0.05) is 24.5 Å². The molecule has 0 bridgehead atoms. The number of nitrogens with two attached hydrogens (primary N) is 1. The summed E-state index contributed by atoms with van der Waals surface area (Å²) in [6.07, 6.45) is 0. The smallest absolute Gasteiger partial charge is 0.316 e. The second kappa shape index (κ2) is 5.90. The van der Waals surface area contributed by atoms with Crippen molar-refractivity contribution in [2.45, 2.75) is 13.8 Å². The molecule has 17 heavy (non-hydrogen) atoms. The molecular formula is C10H15N5O2. The molecule has 4 N–H and O–H groups in total. The van der Waals surface area contributed by atoms with Crippen LogP contribution in [0.2, 0.25) is 0 Å². The van der Waals surface area contributed by atoms with E-state index in [-0.39, 0.29) is 19.0 Å². The lowest BCUT2D eigenvalue weighted by molar-refractivity contribution is -0.136. The minimum Gasteiger partial charge on any atom is -0.347 e. The van der Waals surface area contributed by atoms with Crippen LogP contribution in [0.3, 0.4) is 0 Å². The Morgan fingerprint density at radius 3 is 2.35 bits per heavy atom. The van der Waals surface area contributed by atoms with E-state index in [9.17, 15) is 9.59 Å². The fraction of sp³-hybridized carbons (Fsp3) is 0.400. The lowest BCUT2D eigenvalue weighted by Gasteiger charge is -2.05. The highest BCUT2D eigenvalue weighted by Crippen LogP contribution is 2.03. The third-order valence-electron chi connectivity index (χ3n) is 1.84. The maximum Gasteiger partial charge on any atom is 0.316 e. The lowest BCUT2D eigenvalue weighted by atomic mass is 10.3. The van der Waals surface area contributed by atoms with Crippen LogP contribution in [0.1, 0.15) is 11.4 Å². The van der Waals surface area contributed by atoms with Crippen LogP contribution in [0.25, 0.3) is 0 Å². The summed E-state index contributed by atoms with van der Waals surface area (Å²) < 4.78 is 0. The number of amides is 2. The fourth-order valence-electron chi connectivity index (χ4n) is 1.21. The van der Waals surface area contributed by atoms with Gasteiger partial charge in [-0.05, 0) is 19.9 Å². The number of hydrogen-bond donors (Lipinski definition) is 3. The number of carbonyl (C=O) groups is 2. The van der Waals surface area contributed by atoms with Gasteiger partial charge in [-0.2, -0.15) is 0 Å². The van der Waals surface area contributed by atoms with E-state index in [2.05, 4.69) is 20.6 Å². The molecule has 1 aromatic heterocycles. The summed E-state index contributed by atoms with van der Waals surface area (Å²) in [6.45, 7) is 4.08. The molecule has 0 aliphatic carbocycles. The van der Waals surface area contributed by atoms with Crippen LogP contribution < -0.4 is 16.4 Å². The first kappa shape index (κ1) is 13.0. The summed E-state index contributed by atoms with van der Waals surface area (Å²) in [5.74, 6) is -1.43. The molecule has 1 rings (SSSR count). The van der Waals surface area contributed by atoms with Crippen LogP contribution >= 0.6 is 0 Å². The van der Waals surface area contributed by atoms with Crippen molar-refractivity contribution in [2.75, 3.05) is 18.4 Å².